The number of aryl methyl sites for hydroxylation is 1. The summed E-state index contributed by atoms with van der Waals surface area (Å²) in [6.07, 6.45) is 0.568. The molecule has 0 aliphatic carbocycles. The van der Waals surface area contributed by atoms with Crippen LogP contribution in [0.2, 0.25) is 5.02 Å². The van der Waals surface area contributed by atoms with Gasteiger partial charge in [0, 0.05) is 16.3 Å². The lowest BCUT2D eigenvalue weighted by Gasteiger charge is -2.27. The van der Waals surface area contributed by atoms with Gasteiger partial charge in [-0.25, -0.2) is 9.89 Å². The number of nitrogens with one attached hydrogen (secondary N) is 1. The number of carbonyl (C=O) groups is 2. The van der Waals surface area contributed by atoms with Crippen LogP contribution in [-0.2, 0) is 9.59 Å². The van der Waals surface area contributed by atoms with E-state index >= 15 is 0 Å². The van der Waals surface area contributed by atoms with Crippen molar-refractivity contribution in [1.82, 2.24) is 4.90 Å². The maximum absolute atomic E-state index is 13.2. The molecule has 8 heteroatoms. The highest BCUT2D eigenvalue weighted by molar-refractivity contribution is 8.15. The molecule has 2 aromatic rings. The summed E-state index contributed by atoms with van der Waals surface area (Å²) in [7, 11) is 0. The maximum Gasteiger partial charge on any atom is 0.259 e. The van der Waals surface area contributed by atoms with E-state index in [1.54, 1.807) is 11.0 Å². The minimum absolute atomic E-state index is 0.0653. The lowest BCUT2D eigenvalue weighted by Crippen LogP contribution is -2.43. The average Bonchev–Trinajstić information content (AvgIpc) is 3.12. The number of hydrogen-bond acceptors (Lipinski definition) is 5. The summed E-state index contributed by atoms with van der Waals surface area (Å²) < 4.78 is 0. The highest BCUT2D eigenvalue weighted by Gasteiger charge is 2.43. The van der Waals surface area contributed by atoms with Crippen LogP contribution < -0.4 is 5.32 Å². The van der Waals surface area contributed by atoms with Gasteiger partial charge in [-0.1, -0.05) is 62.3 Å². The SMILES string of the molecule is CCC(SC1=Nc2ccccc2C2=NC(C(C)C)C(=O)N12)C(=O)Nc1ccc(C)c(Cl)c1. The molecule has 0 radical (unpaired) electrons. The number of para-hydroxylation sites is 1. The Labute approximate surface area is 197 Å². The third kappa shape index (κ3) is 4.19. The van der Waals surface area contributed by atoms with Crippen LogP contribution in [0.25, 0.3) is 0 Å². The highest BCUT2D eigenvalue weighted by Crippen LogP contribution is 2.36. The zero-order valence-corrected chi connectivity index (χ0v) is 20.0. The van der Waals surface area contributed by atoms with E-state index in [1.807, 2.05) is 64.1 Å². The molecule has 0 saturated heterocycles. The predicted octanol–water partition coefficient (Wildman–Crippen LogP) is 5.41. The number of hydrogen-bond donors (Lipinski definition) is 1. The van der Waals surface area contributed by atoms with Crippen molar-refractivity contribution in [2.75, 3.05) is 5.32 Å². The maximum atomic E-state index is 13.2. The van der Waals surface area contributed by atoms with Gasteiger partial charge in [0.1, 0.15) is 11.9 Å². The number of fused-ring (bicyclic) bond motifs is 3. The largest absolute Gasteiger partial charge is 0.325 e. The number of nitrogens with zero attached hydrogens (tertiary/aromatic N) is 3. The number of aliphatic imine (C=N–C) groups is 2. The van der Waals surface area contributed by atoms with Crippen molar-refractivity contribution in [3.8, 4) is 0 Å². The Bertz CT molecular complexity index is 1140. The Balaban J connectivity index is 1.62. The Morgan fingerprint density at radius 2 is 2.00 bits per heavy atom. The van der Waals surface area contributed by atoms with Gasteiger partial charge in [-0.15, -0.1) is 0 Å². The number of amides is 2. The van der Waals surface area contributed by atoms with Crippen LogP contribution in [0.5, 0.6) is 0 Å². The molecule has 2 aromatic carbocycles. The van der Waals surface area contributed by atoms with Gasteiger partial charge in [-0.2, -0.15) is 0 Å². The van der Waals surface area contributed by atoms with E-state index in [9.17, 15) is 9.59 Å². The van der Waals surface area contributed by atoms with Crippen LogP contribution >= 0.6 is 23.4 Å². The molecule has 2 aliphatic rings. The van der Waals surface area contributed by atoms with Crippen LogP contribution in [0.1, 0.15) is 38.3 Å². The highest BCUT2D eigenvalue weighted by atomic mass is 35.5. The number of benzene rings is 2. The first-order valence-corrected chi connectivity index (χ1v) is 11.9. The topological polar surface area (TPSA) is 74.1 Å². The second-order valence-corrected chi connectivity index (χ2v) is 9.77. The Hall–Kier alpha value is -2.64. The standard InChI is InChI=1S/C24H25ClN4O2S/c1-5-19(22(30)26-15-11-10-14(4)17(25)12-15)32-24-27-18-9-7-6-8-16(18)21-28-20(13(2)3)23(31)29(21)24/h6-13,19-20H,5H2,1-4H3,(H,26,30). The molecule has 4 rings (SSSR count). The van der Waals surface area contributed by atoms with E-state index in [-0.39, 0.29) is 17.7 Å². The van der Waals surface area contributed by atoms with E-state index in [4.69, 9.17) is 21.6 Å². The van der Waals surface area contributed by atoms with Crippen molar-refractivity contribution in [2.45, 2.75) is 45.4 Å². The van der Waals surface area contributed by atoms with E-state index in [1.165, 1.54) is 11.8 Å². The molecule has 2 heterocycles. The van der Waals surface area contributed by atoms with Gasteiger partial charge in [0.25, 0.3) is 5.91 Å². The molecule has 0 saturated carbocycles. The van der Waals surface area contributed by atoms with Crippen molar-refractivity contribution < 1.29 is 9.59 Å². The molecule has 6 nitrogen and oxygen atoms in total. The summed E-state index contributed by atoms with van der Waals surface area (Å²) in [4.78, 5) is 37.3. The predicted molar refractivity (Wildman–Crippen MR) is 132 cm³/mol. The lowest BCUT2D eigenvalue weighted by atomic mass is 10.1. The molecule has 2 amide bonds. The second kappa shape index (κ2) is 9.08. The Kier molecular flexibility index (Phi) is 6.40. The zero-order valence-electron chi connectivity index (χ0n) is 18.4. The van der Waals surface area contributed by atoms with Gasteiger partial charge < -0.3 is 5.32 Å². The smallest absolute Gasteiger partial charge is 0.259 e. The summed E-state index contributed by atoms with van der Waals surface area (Å²) >= 11 is 7.48. The number of anilines is 1. The number of halogens is 1. The first-order valence-electron chi connectivity index (χ1n) is 10.6. The Morgan fingerprint density at radius 3 is 2.69 bits per heavy atom. The van der Waals surface area contributed by atoms with Gasteiger partial charge >= 0.3 is 0 Å². The quantitative estimate of drug-likeness (QED) is 0.637. The molecular weight excluding hydrogens is 444 g/mol. The first kappa shape index (κ1) is 22.6. The number of carbonyl (C=O) groups excluding carboxylic acids is 2. The van der Waals surface area contributed by atoms with Crippen LogP contribution in [0.4, 0.5) is 11.4 Å². The van der Waals surface area contributed by atoms with Crippen molar-refractivity contribution in [3.63, 3.8) is 0 Å². The zero-order chi connectivity index (χ0) is 23.0. The van der Waals surface area contributed by atoms with Crippen LogP contribution in [0, 0.1) is 12.8 Å². The van der Waals surface area contributed by atoms with Crippen molar-refractivity contribution >= 4 is 57.6 Å². The fraction of sp³-hybridized carbons (Fsp3) is 0.333. The molecule has 0 aromatic heterocycles. The summed E-state index contributed by atoms with van der Waals surface area (Å²) in [6.45, 7) is 7.81. The second-order valence-electron chi connectivity index (χ2n) is 8.19. The summed E-state index contributed by atoms with van der Waals surface area (Å²) in [5.74, 6) is 0.416. The van der Waals surface area contributed by atoms with Crippen LogP contribution in [0.3, 0.4) is 0 Å². The van der Waals surface area contributed by atoms with Crippen molar-refractivity contribution in [3.05, 3.63) is 58.6 Å². The van der Waals surface area contributed by atoms with E-state index in [0.717, 1.165) is 16.8 Å². The molecule has 1 N–H and O–H groups in total. The molecule has 32 heavy (non-hydrogen) atoms. The summed E-state index contributed by atoms with van der Waals surface area (Å²) in [5, 5.41) is 3.58. The van der Waals surface area contributed by atoms with E-state index < -0.39 is 11.3 Å². The van der Waals surface area contributed by atoms with Gasteiger partial charge in [0.15, 0.2) is 5.17 Å². The third-order valence-corrected chi connectivity index (χ3v) is 7.20. The molecule has 0 bridgehead atoms. The van der Waals surface area contributed by atoms with Crippen molar-refractivity contribution in [1.29, 1.82) is 0 Å². The van der Waals surface area contributed by atoms with Gasteiger partial charge in [-0.05, 0) is 49.1 Å². The van der Waals surface area contributed by atoms with Crippen molar-refractivity contribution in [2.24, 2.45) is 15.9 Å². The van der Waals surface area contributed by atoms with Crippen LogP contribution in [0.15, 0.2) is 52.4 Å². The molecule has 0 fully saturated rings. The van der Waals surface area contributed by atoms with Gasteiger partial charge in [0.05, 0.1) is 10.9 Å². The Morgan fingerprint density at radius 1 is 1.25 bits per heavy atom. The number of rotatable bonds is 5. The monoisotopic (exact) mass is 468 g/mol. The first-order chi connectivity index (χ1) is 15.3. The fourth-order valence-electron chi connectivity index (χ4n) is 3.63. The lowest BCUT2D eigenvalue weighted by molar-refractivity contribution is -0.125. The molecule has 2 aliphatic heterocycles. The van der Waals surface area contributed by atoms with E-state index in [2.05, 4.69) is 5.32 Å². The molecule has 2 atom stereocenters. The van der Waals surface area contributed by atoms with Gasteiger partial charge in [0.2, 0.25) is 5.91 Å². The summed E-state index contributed by atoms with van der Waals surface area (Å²) in [5.41, 5.74) is 3.17. The number of amidine groups is 2. The third-order valence-electron chi connectivity index (χ3n) is 5.48. The molecule has 2 unspecified atom stereocenters. The minimum atomic E-state index is -0.453. The van der Waals surface area contributed by atoms with Gasteiger partial charge in [-0.3, -0.25) is 14.6 Å². The molecule has 166 valence electrons. The number of thioether (sulfide) groups is 1. The average molecular weight is 469 g/mol. The summed E-state index contributed by atoms with van der Waals surface area (Å²) in [6, 6.07) is 12.6. The normalized spacial score (nSPS) is 18.1. The minimum Gasteiger partial charge on any atom is -0.325 e. The molecular formula is C24H25ClN4O2S. The molecule has 0 spiro atoms. The fourth-order valence-corrected chi connectivity index (χ4v) is 4.83. The van der Waals surface area contributed by atoms with E-state index in [0.29, 0.717) is 28.1 Å². The van der Waals surface area contributed by atoms with Crippen LogP contribution in [-0.4, -0.2) is 39.0 Å².